The van der Waals surface area contributed by atoms with Crippen LogP contribution in [0.15, 0.2) is 32.8 Å². The van der Waals surface area contributed by atoms with E-state index >= 15 is 0 Å². The summed E-state index contributed by atoms with van der Waals surface area (Å²) in [6.07, 6.45) is -10.5. The average molecular weight is 422 g/mol. The topological polar surface area (TPSA) is 106 Å². The molecule has 142 valence electrons. The Hall–Kier alpha value is -2.28. The van der Waals surface area contributed by atoms with Gasteiger partial charge in [0.05, 0.1) is 15.5 Å². The van der Waals surface area contributed by atoms with Crippen LogP contribution in [-0.4, -0.2) is 18.4 Å². The van der Waals surface area contributed by atoms with Crippen LogP contribution >= 0.6 is 11.6 Å². The number of nitrogens with one attached hydrogen (secondary N) is 1. The predicted molar refractivity (Wildman–Crippen MR) is 76.2 cm³/mol. The summed E-state index contributed by atoms with van der Waals surface area (Å²) in [5, 5.41) is -0.878. The third-order valence-electron chi connectivity index (χ3n) is 2.99. The Morgan fingerprint density at radius 1 is 1.08 bits per heavy atom. The molecule has 0 spiro atoms. The minimum atomic E-state index is -5.41. The first-order chi connectivity index (χ1) is 11.7. The molecule has 0 radical (unpaired) electrons. The highest BCUT2D eigenvalue weighted by molar-refractivity contribution is 7.91. The van der Waals surface area contributed by atoms with Gasteiger partial charge in [0, 0.05) is 0 Å². The van der Waals surface area contributed by atoms with Crippen LogP contribution in [0.1, 0.15) is 11.3 Å². The van der Waals surface area contributed by atoms with Gasteiger partial charge in [0.1, 0.15) is 0 Å². The van der Waals surface area contributed by atoms with Crippen LogP contribution in [0.3, 0.4) is 0 Å². The van der Waals surface area contributed by atoms with Crippen molar-refractivity contribution in [3.05, 3.63) is 44.8 Å². The van der Waals surface area contributed by atoms with E-state index in [0.717, 1.165) is 0 Å². The summed E-state index contributed by atoms with van der Waals surface area (Å²) in [4.78, 5) is 13.0. The van der Waals surface area contributed by atoms with E-state index < -0.39 is 59.8 Å². The molecule has 0 unspecified atom stereocenters. The van der Waals surface area contributed by atoms with Crippen molar-refractivity contribution in [1.29, 1.82) is 0 Å². The van der Waals surface area contributed by atoms with Gasteiger partial charge >= 0.3 is 12.4 Å². The van der Waals surface area contributed by atoms with Crippen LogP contribution in [0.25, 0.3) is 0 Å². The number of H-pyrrole nitrogens is 1. The van der Waals surface area contributed by atoms with E-state index in [4.69, 9.17) is 17.3 Å². The normalized spacial score (nSPS) is 13.0. The summed E-state index contributed by atoms with van der Waals surface area (Å²) in [6, 6.07) is 1.08. The molecular formula is C12H6ClF6N3O3S. The average Bonchev–Trinajstić information content (AvgIpc) is 2.43. The molecule has 26 heavy (non-hydrogen) atoms. The number of hydrogen-bond acceptors (Lipinski definition) is 5. The zero-order chi connectivity index (χ0) is 20.1. The highest BCUT2D eigenvalue weighted by atomic mass is 35.5. The fourth-order valence-electron chi connectivity index (χ4n) is 1.93. The second-order valence-corrected chi connectivity index (χ2v) is 7.06. The second kappa shape index (κ2) is 6.16. The van der Waals surface area contributed by atoms with Gasteiger partial charge in [-0.1, -0.05) is 11.6 Å². The number of hydrogen-bond donors (Lipinski definition) is 2. The molecule has 0 saturated carbocycles. The van der Waals surface area contributed by atoms with E-state index in [2.05, 4.69) is 4.98 Å². The van der Waals surface area contributed by atoms with E-state index in [1.807, 2.05) is 0 Å². The molecule has 3 N–H and O–H groups in total. The predicted octanol–water partition coefficient (Wildman–Crippen LogP) is 2.88. The molecule has 2 aromatic rings. The van der Waals surface area contributed by atoms with Gasteiger partial charge < -0.3 is 5.73 Å². The number of halogens is 7. The lowest BCUT2D eigenvalue weighted by molar-refractivity contribution is -0.143. The first kappa shape index (κ1) is 20.0. The fraction of sp³-hybridized carbons (Fsp3) is 0.167. The lowest BCUT2D eigenvalue weighted by Gasteiger charge is -2.14. The molecule has 6 nitrogen and oxygen atoms in total. The summed E-state index contributed by atoms with van der Waals surface area (Å²) in [5.74, 6) is -1.02. The van der Waals surface area contributed by atoms with Gasteiger partial charge in [0.2, 0.25) is 15.8 Å². The Labute approximate surface area is 145 Å². The van der Waals surface area contributed by atoms with Crippen molar-refractivity contribution in [2.24, 2.45) is 0 Å². The van der Waals surface area contributed by atoms with Crippen molar-refractivity contribution in [3.8, 4) is 0 Å². The van der Waals surface area contributed by atoms with Crippen LogP contribution in [0.5, 0.6) is 0 Å². The van der Waals surface area contributed by atoms with E-state index in [1.54, 1.807) is 4.98 Å². The van der Waals surface area contributed by atoms with Gasteiger partial charge in [-0.25, -0.2) is 13.4 Å². The highest BCUT2D eigenvalue weighted by Crippen LogP contribution is 2.38. The van der Waals surface area contributed by atoms with E-state index in [1.165, 1.54) is 0 Å². The van der Waals surface area contributed by atoms with Crippen LogP contribution in [0.4, 0.5) is 32.3 Å². The quantitative estimate of drug-likeness (QED) is 0.725. The number of anilines is 1. The number of sulfone groups is 1. The van der Waals surface area contributed by atoms with Crippen molar-refractivity contribution in [3.63, 3.8) is 0 Å². The largest absolute Gasteiger partial charge is 0.435 e. The van der Waals surface area contributed by atoms with Crippen molar-refractivity contribution >= 4 is 27.4 Å². The number of nitrogen functional groups attached to an aromatic ring is 1. The number of aromatic amines is 1. The Bertz CT molecular complexity index is 1030. The summed E-state index contributed by atoms with van der Waals surface area (Å²) in [5.41, 5.74) is -0.557. The van der Waals surface area contributed by atoms with Crippen molar-refractivity contribution in [1.82, 2.24) is 9.97 Å². The van der Waals surface area contributed by atoms with Gasteiger partial charge in [-0.15, -0.1) is 0 Å². The molecule has 2 rings (SSSR count). The van der Waals surface area contributed by atoms with Crippen molar-refractivity contribution in [2.75, 3.05) is 5.73 Å². The standard InChI is InChI=1S/C12H6ClF6N3O3S/c13-6-2-1-4(3-5(6)11(14,15)16)26(24,25)7-8(12(17,18)19)21-10(20)22-9(7)23/h1-3H,(H3,20,21,22,23). The minimum Gasteiger partial charge on any atom is -0.369 e. The minimum absolute atomic E-state index is 0.0214. The van der Waals surface area contributed by atoms with Crippen molar-refractivity contribution in [2.45, 2.75) is 22.1 Å². The van der Waals surface area contributed by atoms with E-state index in [9.17, 15) is 39.6 Å². The van der Waals surface area contributed by atoms with E-state index in [0.29, 0.717) is 12.1 Å². The zero-order valence-corrected chi connectivity index (χ0v) is 13.6. The molecule has 0 aliphatic heterocycles. The summed E-state index contributed by atoms with van der Waals surface area (Å²) in [6.45, 7) is 0. The lowest BCUT2D eigenvalue weighted by Crippen LogP contribution is -2.27. The maximum Gasteiger partial charge on any atom is 0.435 e. The molecule has 0 bridgehead atoms. The number of alkyl halides is 6. The zero-order valence-electron chi connectivity index (χ0n) is 12.0. The second-order valence-electron chi connectivity index (χ2n) is 4.77. The molecule has 0 aliphatic rings. The third kappa shape index (κ3) is 3.62. The first-order valence-corrected chi connectivity index (χ1v) is 8.10. The van der Waals surface area contributed by atoms with Gasteiger partial charge in [-0.3, -0.25) is 9.78 Å². The Kier molecular flexibility index (Phi) is 4.75. The Morgan fingerprint density at radius 2 is 1.65 bits per heavy atom. The van der Waals surface area contributed by atoms with E-state index in [-0.39, 0.29) is 6.07 Å². The first-order valence-electron chi connectivity index (χ1n) is 6.24. The lowest BCUT2D eigenvalue weighted by atomic mass is 10.2. The summed E-state index contributed by atoms with van der Waals surface area (Å²) in [7, 11) is -5.34. The molecule has 14 heteroatoms. The maximum absolute atomic E-state index is 13.1. The van der Waals surface area contributed by atoms with Gasteiger partial charge in [0.15, 0.2) is 10.6 Å². The number of benzene rings is 1. The smallest absolute Gasteiger partial charge is 0.369 e. The molecule has 0 aliphatic carbocycles. The van der Waals surface area contributed by atoms with Crippen LogP contribution in [0.2, 0.25) is 5.02 Å². The Morgan fingerprint density at radius 3 is 2.15 bits per heavy atom. The molecule has 0 saturated heterocycles. The molecule has 1 aromatic heterocycles. The SMILES string of the molecule is Nc1nc(C(F)(F)F)c(S(=O)(=O)c2ccc(Cl)c(C(F)(F)F)c2)c(=O)[nH]1. The highest BCUT2D eigenvalue weighted by Gasteiger charge is 2.43. The van der Waals surface area contributed by atoms with Crippen LogP contribution in [0, 0.1) is 0 Å². The third-order valence-corrected chi connectivity index (χ3v) is 5.11. The van der Waals surface area contributed by atoms with Crippen LogP contribution in [-0.2, 0) is 22.2 Å². The number of rotatable bonds is 2. The number of nitrogens with zero attached hydrogens (tertiary/aromatic N) is 1. The Balaban J connectivity index is 2.85. The van der Waals surface area contributed by atoms with Gasteiger partial charge in [-0.2, -0.15) is 26.3 Å². The summed E-state index contributed by atoms with van der Waals surface area (Å²) >= 11 is 5.34. The summed E-state index contributed by atoms with van der Waals surface area (Å²) < 4.78 is 103. The molecule has 1 heterocycles. The van der Waals surface area contributed by atoms with Crippen LogP contribution < -0.4 is 11.3 Å². The maximum atomic E-state index is 13.1. The number of aromatic nitrogens is 2. The van der Waals surface area contributed by atoms with Gasteiger partial charge in [-0.05, 0) is 18.2 Å². The fourth-order valence-corrected chi connectivity index (χ4v) is 3.62. The number of nitrogens with two attached hydrogens (primary N) is 1. The molecule has 0 atom stereocenters. The molecular weight excluding hydrogens is 416 g/mol. The molecule has 0 amide bonds. The van der Waals surface area contributed by atoms with Crippen molar-refractivity contribution < 1.29 is 34.8 Å². The molecule has 0 fully saturated rings. The molecule has 1 aromatic carbocycles. The monoisotopic (exact) mass is 421 g/mol. The van der Waals surface area contributed by atoms with Gasteiger partial charge in [0.25, 0.3) is 5.56 Å².